The van der Waals surface area contributed by atoms with Gasteiger partial charge in [0.1, 0.15) is 0 Å². The predicted molar refractivity (Wildman–Crippen MR) is 88.4 cm³/mol. The fourth-order valence-electron chi connectivity index (χ4n) is 2.88. The molecule has 126 valence electrons. The largest absolute Gasteiger partial charge is 0.379 e. The highest BCUT2D eigenvalue weighted by Gasteiger charge is 2.17. The molecule has 0 saturated carbocycles. The zero-order valence-electron chi connectivity index (χ0n) is 13.4. The summed E-state index contributed by atoms with van der Waals surface area (Å²) in [4.78, 5) is 14.4. The molecule has 0 aliphatic carbocycles. The van der Waals surface area contributed by atoms with Gasteiger partial charge >= 0.3 is 0 Å². The average Bonchev–Trinajstić information content (AvgIpc) is 2.58. The molecule has 1 aromatic carbocycles. The number of carbonyl (C=O) groups is 1. The number of nitrogens with one attached hydrogen (secondary N) is 2. The molecule has 2 aliphatic heterocycles. The van der Waals surface area contributed by atoms with Gasteiger partial charge in [0.2, 0.25) is 5.91 Å². The minimum Gasteiger partial charge on any atom is -0.379 e. The summed E-state index contributed by atoms with van der Waals surface area (Å²) in [5.41, 5.74) is 2.09. The van der Waals surface area contributed by atoms with Crippen LogP contribution in [0.5, 0.6) is 0 Å². The Bertz CT molecular complexity index is 494. The van der Waals surface area contributed by atoms with Crippen molar-refractivity contribution in [3.63, 3.8) is 0 Å². The van der Waals surface area contributed by atoms with Crippen LogP contribution in [0.15, 0.2) is 24.3 Å². The van der Waals surface area contributed by atoms with Gasteiger partial charge in [0.25, 0.3) is 0 Å². The zero-order chi connectivity index (χ0) is 15.9. The Labute approximate surface area is 137 Å². The van der Waals surface area contributed by atoms with Crippen molar-refractivity contribution in [2.24, 2.45) is 0 Å². The SMILES string of the molecule is O=C(CC1CNCCO1)Nc1ccc(CN2CCOCC2)cc1. The summed E-state index contributed by atoms with van der Waals surface area (Å²) in [6.07, 6.45) is 0.368. The minimum atomic E-state index is -0.0238. The summed E-state index contributed by atoms with van der Waals surface area (Å²) < 4.78 is 10.9. The molecular weight excluding hydrogens is 294 g/mol. The Morgan fingerprint density at radius 3 is 2.70 bits per heavy atom. The highest BCUT2D eigenvalue weighted by molar-refractivity contribution is 5.91. The number of ether oxygens (including phenoxy) is 2. The highest BCUT2D eigenvalue weighted by atomic mass is 16.5. The number of carbonyl (C=O) groups excluding carboxylic acids is 1. The molecule has 2 heterocycles. The number of amides is 1. The predicted octanol–water partition coefficient (Wildman–Crippen LogP) is 0.836. The van der Waals surface area contributed by atoms with Crippen LogP contribution in [0.25, 0.3) is 0 Å². The first-order valence-electron chi connectivity index (χ1n) is 8.31. The third-order valence-electron chi connectivity index (χ3n) is 4.17. The maximum Gasteiger partial charge on any atom is 0.227 e. The van der Waals surface area contributed by atoms with Crippen LogP contribution in [-0.4, -0.2) is 62.9 Å². The van der Waals surface area contributed by atoms with Gasteiger partial charge in [0, 0.05) is 38.4 Å². The number of anilines is 1. The Kier molecular flexibility index (Phi) is 5.99. The number of rotatable bonds is 5. The summed E-state index contributed by atoms with van der Waals surface area (Å²) in [6.45, 7) is 6.79. The normalized spacial score (nSPS) is 22.7. The van der Waals surface area contributed by atoms with E-state index in [0.717, 1.165) is 51.6 Å². The molecular formula is C17H25N3O3. The van der Waals surface area contributed by atoms with E-state index in [2.05, 4.69) is 27.7 Å². The highest BCUT2D eigenvalue weighted by Crippen LogP contribution is 2.13. The van der Waals surface area contributed by atoms with Crippen LogP contribution in [0, 0.1) is 0 Å². The lowest BCUT2D eigenvalue weighted by atomic mass is 10.1. The number of hydrogen-bond acceptors (Lipinski definition) is 5. The summed E-state index contributed by atoms with van der Waals surface area (Å²) in [6, 6.07) is 8.08. The van der Waals surface area contributed by atoms with Crippen LogP contribution >= 0.6 is 0 Å². The molecule has 0 aromatic heterocycles. The van der Waals surface area contributed by atoms with E-state index in [9.17, 15) is 4.79 Å². The monoisotopic (exact) mass is 319 g/mol. The Balaban J connectivity index is 1.45. The van der Waals surface area contributed by atoms with Gasteiger partial charge in [-0.2, -0.15) is 0 Å². The van der Waals surface area contributed by atoms with Crippen molar-refractivity contribution in [3.8, 4) is 0 Å². The quantitative estimate of drug-likeness (QED) is 0.842. The molecule has 3 rings (SSSR count). The summed E-state index contributed by atoms with van der Waals surface area (Å²) in [5.74, 6) is -0.000343. The van der Waals surface area contributed by atoms with E-state index in [4.69, 9.17) is 9.47 Å². The van der Waals surface area contributed by atoms with Gasteiger partial charge in [-0.15, -0.1) is 0 Å². The molecule has 2 saturated heterocycles. The van der Waals surface area contributed by atoms with Gasteiger partial charge in [0.05, 0.1) is 32.3 Å². The van der Waals surface area contributed by atoms with Crippen molar-refractivity contribution >= 4 is 11.6 Å². The molecule has 1 unspecified atom stereocenters. The molecule has 1 aromatic rings. The lowest BCUT2D eigenvalue weighted by Gasteiger charge is -2.26. The first-order valence-corrected chi connectivity index (χ1v) is 8.31. The van der Waals surface area contributed by atoms with E-state index in [1.54, 1.807) is 0 Å². The lowest BCUT2D eigenvalue weighted by Crippen LogP contribution is -2.40. The van der Waals surface area contributed by atoms with Crippen molar-refractivity contribution in [2.45, 2.75) is 19.1 Å². The molecule has 23 heavy (non-hydrogen) atoms. The number of morpholine rings is 2. The number of benzene rings is 1. The van der Waals surface area contributed by atoms with E-state index in [0.29, 0.717) is 13.0 Å². The fourth-order valence-corrected chi connectivity index (χ4v) is 2.88. The van der Waals surface area contributed by atoms with Crippen LogP contribution in [-0.2, 0) is 20.8 Å². The summed E-state index contributed by atoms with van der Waals surface area (Å²) in [7, 11) is 0. The molecule has 0 spiro atoms. The summed E-state index contributed by atoms with van der Waals surface area (Å²) >= 11 is 0. The van der Waals surface area contributed by atoms with E-state index in [-0.39, 0.29) is 12.0 Å². The third kappa shape index (κ3) is 5.28. The molecule has 1 amide bonds. The Morgan fingerprint density at radius 1 is 1.22 bits per heavy atom. The van der Waals surface area contributed by atoms with Gasteiger partial charge in [0.15, 0.2) is 0 Å². The van der Waals surface area contributed by atoms with Gasteiger partial charge < -0.3 is 20.1 Å². The van der Waals surface area contributed by atoms with E-state index in [1.807, 2.05) is 12.1 Å². The van der Waals surface area contributed by atoms with Crippen molar-refractivity contribution in [1.29, 1.82) is 0 Å². The lowest BCUT2D eigenvalue weighted by molar-refractivity contribution is -0.119. The van der Waals surface area contributed by atoms with Crippen molar-refractivity contribution in [2.75, 3.05) is 51.3 Å². The Morgan fingerprint density at radius 2 is 2.00 bits per heavy atom. The molecule has 0 radical (unpaired) electrons. The molecule has 1 atom stereocenters. The van der Waals surface area contributed by atoms with E-state index in [1.165, 1.54) is 5.56 Å². The maximum absolute atomic E-state index is 12.0. The smallest absolute Gasteiger partial charge is 0.227 e. The second kappa shape index (κ2) is 8.40. The molecule has 2 aliphatic rings. The third-order valence-corrected chi connectivity index (χ3v) is 4.17. The van der Waals surface area contributed by atoms with Crippen molar-refractivity contribution < 1.29 is 14.3 Å². The van der Waals surface area contributed by atoms with Crippen LogP contribution < -0.4 is 10.6 Å². The zero-order valence-corrected chi connectivity index (χ0v) is 13.4. The van der Waals surface area contributed by atoms with Crippen LogP contribution in [0.2, 0.25) is 0 Å². The van der Waals surface area contributed by atoms with Crippen molar-refractivity contribution in [1.82, 2.24) is 10.2 Å². The second-order valence-corrected chi connectivity index (χ2v) is 6.03. The van der Waals surface area contributed by atoms with Crippen LogP contribution in [0.3, 0.4) is 0 Å². The van der Waals surface area contributed by atoms with Gasteiger partial charge in [-0.1, -0.05) is 12.1 Å². The molecule has 6 nitrogen and oxygen atoms in total. The van der Waals surface area contributed by atoms with Gasteiger partial charge in [-0.3, -0.25) is 9.69 Å². The molecule has 6 heteroatoms. The number of nitrogens with zero attached hydrogens (tertiary/aromatic N) is 1. The van der Waals surface area contributed by atoms with E-state index < -0.39 is 0 Å². The minimum absolute atomic E-state index is 0.000343. The van der Waals surface area contributed by atoms with Gasteiger partial charge in [-0.25, -0.2) is 0 Å². The van der Waals surface area contributed by atoms with Crippen LogP contribution in [0.4, 0.5) is 5.69 Å². The van der Waals surface area contributed by atoms with E-state index >= 15 is 0 Å². The van der Waals surface area contributed by atoms with Crippen LogP contribution in [0.1, 0.15) is 12.0 Å². The average molecular weight is 319 g/mol. The molecule has 0 bridgehead atoms. The Hall–Kier alpha value is -1.47. The topological polar surface area (TPSA) is 62.8 Å². The van der Waals surface area contributed by atoms with Crippen molar-refractivity contribution in [3.05, 3.63) is 29.8 Å². The first-order chi connectivity index (χ1) is 11.3. The molecule has 2 N–H and O–H groups in total. The summed E-state index contributed by atoms with van der Waals surface area (Å²) in [5, 5.41) is 6.17. The number of hydrogen-bond donors (Lipinski definition) is 2. The maximum atomic E-state index is 12.0. The second-order valence-electron chi connectivity index (χ2n) is 6.03. The first kappa shape index (κ1) is 16.4. The standard InChI is InChI=1S/C17H25N3O3/c21-17(11-16-12-18-5-8-23-16)19-15-3-1-14(2-4-15)13-20-6-9-22-10-7-20/h1-4,16,18H,5-13H2,(H,19,21). The molecule has 2 fully saturated rings. The van der Waals surface area contributed by atoms with Gasteiger partial charge in [-0.05, 0) is 17.7 Å². The fraction of sp³-hybridized carbons (Fsp3) is 0.588.